The minimum Gasteiger partial charge on any atom is -0.207 e. The third-order valence-corrected chi connectivity index (χ3v) is 7.22. The zero-order valence-electron chi connectivity index (χ0n) is 10.0. The zero-order valence-corrected chi connectivity index (χ0v) is 15.6. The highest BCUT2D eigenvalue weighted by molar-refractivity contribution is 9.10. The van der Waals surface area contributed by atoms with Crippen LogP contribution in [0.2, 0.25) is 0 Å². The van der Waals surface area contributed by atoms with Crippen LogP contribution in [0.4, 0.5) is 4.39 Å². The number of halogens is 4. The Morgan fingerprint density at radius 2 is 1.79 bits per heavy atom. The van der Waals surface area contributed by atoms with E-state index in [0.29, 0.717) is 10.7 Å². The van der Waals surface area contributed by atoms with Gasteiger partial charge in [-0.05, 0) is 45.4 Å². The van der Waals surface area contributed by atoms with Crippen LogP contribution in [0.25, 0.3) is 0 Å². The summed E-state index contributed by atoms with van der Waals surface area (Å²) in [4.78, 5) is 1.24. The summed E-state index contributed by atoms with van der Waals surface area (Å²) in [5.74, 6) is -0.144. The largest absolute Gasteiger partial charge is 0.207 e. The summed E-state index contributed by atoms with van der Waals surface area (Å²) in [5, 5.41) is 3.46. The molecule has 0 aliphatic rings. The van der Waals surface area contributed by atoms with Gasteiger partial charge in [-0.3, -0.25) is 0 Å². The molecule has 0 atom stereocenters. The summed E-state index contributed by atoms with van der Waals surface area (Å²) in [7, 11) is 0. The van der Waals surface area contributed by atoms with E-state index < -0.39 is 0 Å². The lowest BCUT2D eigenvalue weighted by Crippen LogP contribution is -2.33. The van der Waals surface area contributed by atoms with Crippen molar-refractivity contribution >= 4 is 59.1 Å². The summed E-state index contributed by atoms with van der Waals surface area (Å²) < 4.78 is 15.2. The molecule has 0 radical (unpaired) electrons. The summed E-state index contributed by atoms with van der Waals surface area (Å²) in [6, 6.07) is 9.06. The van der Waals surface area contributed by atoms with Crippen LogP contribution >= 0.6 is 59.1 Å². The van der Waals surface area contributed by atoms with Crippen molar-refractivity contribution in [1.29, 1.82) is 0 Å². The third-order valence-electron chi connectivity index (χ3n) is 3.15. The van der Waals surface area contributed by atoms with Crippen molar-refractivity contribution in [3.8, 4) is 0 Å². The molecule has 0 saturated heterocycles. The van der Waals surface area contributed by atoms with E-state index in [2.05, 4.69) is 47.8 Å². The van der Waals surface area contributed by atoms with Gasteiger partial charge in [-0.25, -0.2) is 4.39 Å². The maximum Gasteiger partial charge on any atom is 0.127 e. The number of hydrogen-bond acceptors (Lipinski definition) is 1. The van der Waals surface area contributed by atoms with Gasteiger partial charge in [-0.2, -0.15) is 0 Å². The maximum atomic E-state index is 14.1. The SMILES string of the molecule is Fc1ccccc1C(CBr)(CBr)Cc1sccc1Br. The van der Waals surface area contributed by atoms with Gasteiger partial charge < -0.3 is 0 Å². The van der Waals surface area contributed by atoms with Crippen LogP contribution in [0.5, 0.6) is 0 Å². The fourth-order valence-electron chi connectivity index (χ4n) is 2.02. The monoisotopic (exact) mass is 468 g/mol. The van der Waals surface area contributed by atoms with Crippen LogP contribution in [0.3, 0.4) is 0 Å². The highest BCUT2D eigenvalue weighted by Gasteiger charge is 2.33. The molecule has 102 valence electrons. The molecule has 2 rings (SSSR count). The standard InChI is InChI=1S/C14H12Br3FS/c15-8-14(9-16,7-13-11(17)5-6-19-13)10-3-1-2-4-12(10)18/h1-6H,7-9H2. The van der Waals surface area contributed by atoms with Crippen LogP contribution in [-0.2, 0) is 11.8 Å². The van der Waals surface area contributed by atoms with Crippen molar-refractivity contribution in [2.24, 2.45) is 0 Å². The highest BCUT2D eigenvalue weighted by atomic mass is 79.9. The predicted molar refractivity (Wildman–Crippen MR) is 91.4 cm³/mol. The second kappa shape index (κ2) is 6.83. The molecule has 5 heteroatoms. The van der Waals surface area contributed by atoms with E-state index in [1.54, 1.807) is 17.4 Å². The van der Waals surface area contributed by atoms with Gasteiger partial charge in [0.15, 0.2) is 0 Å². The Morgan fingerprint density at radius 3 is 2.32 bits per heavy atom. The molecule has 0 amide bonds. The average molecular weight is 471 g/mol. The molecular formula is C14H12Br3FS. The fourth-order valence-corrected chi connectivity index (χ4v) is 5.58. The van der Waals surface area contributed by atoms with Gasteiger partial charge in [0, 0.05) is 25.4 Å². The number of rotatable bonds is 5. The normalized spacial score (nSPS) is 11.8. The first-order chi connectivity index (χ1) is 9.13. The molecule has 0 saturated carbocycles. The van der Waals surface area contributed by atoms with E-state index in [-0.39, 0.29) is 11.2 Å². The molecule has 2 aromatic rings. The molecule has 0 fully saturated rings. The third kappa shape index (κ3) is 3.31. The van der Waals surface area contributed by atoms with Gasteiger partial charge in [0.05, 0.1) is 0 Å². The van der Waals surface area contributed by atoms with E-state index >= 15 is 0 Å². The molecule has 0 aliphatic heterocycles. The Hall–Kier alpha value is 0.290. The quantitative estimate of drug-likeness (QED) is 0.476. The Bertz CT molecular complexity index is 549. The van der Waals surface area contributed by atoms with E-state index in [9.17, 15) is 4.39 Å². The van der Waals surface area contributed by atoms with Crippen molar-refractivity contribution in [3.05, 3.63) is 56.4 Å². The van der Waals surface area contributed by atoms with E-state index in [1.165, 1.54) is 10.9 Å². The first-order valence-electron chi connectivity index (χ1n) is 5.72. The second-order valence-corrected chi connectivity index (χ2v) is 7.37. The smallest absolute Gasteiger partial charge is 0.127 e. The first kappa shape index (κ1) is 15.7. The maximum absolute atomic E-state index is 14.1. The number of benzene rings is 1. The van der Waals surface area contributed by atoms with Crippen LogP contribution in [0, 0.1) is 5.82 Å². The Morgan fingerprint density at radius 1 is 1.11 bits per heavy atom. The Kier molecular flexibility index (Phi) is 5.64. The lowest BCUT2D eigenvalue weighted by Gasteiger charge is -2.31. The van der Waals surface area contributed by atoms with Crippen molar-refractivity contribution in [2.45, 2.75) is 11.8 Å². The summed E-state index contributed by atoms with van der Waals surface area (Å²) in [6.07, 6.45) is 0.794. The summed E-state index contributed by atoms with van der Waals surface area (Å²) >= 11 is 12.4. The zero-order chi connectivity index (χ0) is 13.9. The first-order valence-corrected chi connectivity index (χ1v) is 9.63. The molecule has 19 heavy (non-hydrogen) atoms. The predicted octanol–water partition coefficient (Wildman–Crippen LogP) is 5.92. The lowest BCUT2D eigenvalue weighted by atomic mass is 9.80. The van der Waals surface area contributed by atoms with Crippen molar-refractivity contribution in [3.63, 3.8) is 0 Å². The van der Waals surface area contributed by atoms with E-state index in [1.807, 2.05) is 23.6 Å². The second-order valence-electron chi connectivity index (χ2n) is 4.40. The van der Waals surface area contributed by atoms with Gasteiger partial charge in [-0.1, -0.05) is 50.1 Å². The molecule has 0 bridgehead atoms. The van der Waals surface area contributed by atoms with Gasteiger partial charge >= 0.3 is 0 Å². The van der Waals surface area contributed by atoms with Gasteiger partial charge in [0.25, 0.3) is 0 Å². The molecule has 0 unspecified atom stereocenters. The van der Waals surface area contributed by atoms with E-state index in [0.717, 1.165) is 16.5 Å². The average Bonchev–Trinajstić information content (AvgIpc) is 2.82. The van der Waals surface area contributed by atoms with Crippen LogP contribution < -0.4 is 0 Å². The number of hydrogen-bond donors (Lipinski definition) is 0. The minimum absolute atomic E-state index is 0.144. The van der Waals surface area contributed by atoms with Crippen molar-refractivity contribution in [1.82, 2.24) is 0 Å². The number of alkyl halides is 2. The van der Waals surface area contributed by atoms with Gasteiger partial charge in [-0.15, -0.1) is 11.3 Å². The van der Waals surface area contributed by atoms with E-state index in [4.69, 9.17) is 0 Å². The molecule has 1 heterocycles. The molecule has 1 aromatic heterocycles. The molecule has 0 nitrogen and oxygen atoms in total. The molecule has 1 aromatic carbocycles. The van der Waals surface area contributed by atoms with Gasteiger partial charge in [0.1, 0.15) is 5.82 Å². The van der Waals surface area contributed by atoms with Crippen LogP contribution in [-0.4, -0.2) is 10.7 Å². The van der Waals surface area contributed by atoms with Crippen LogP contribution in [0.15, 0.2) is 40.2 Å². The summed E-state index contributed by atoms with van der Waals surface area (Å²) in [5.41, 5.74) is 0.475. The molecule has 0 aliphatic carbocycles. The topological polar surface area (TPSA) is 0 Å². The molecule has 0 spiro atoms. The van der Waals surface area contributed by atoms with Crippen molar-refractivity contribution < 1.29 is 4.39 Å². The van der Waals surface area contributed by atoms with Crippen LogP contribution in [0.1, 0.15) is 10.4 Å². The fraction of sp³-hybridized carbons (Fsp3) is 0.286. The molecular weight excluding hydrogens is 459 g/mol. The molecule has 0 N–H and O–H groups in total. The Balaban J connectivity index is 2.44. The summed E-state index contributed by atoms with van der Waals surface area (Å²) in [6.45, 7) is 0. The highest BCUT2D eigenvalue weighted by Crippen LogP contribution is 2.37. The Labute approximate surface area is 141 Å². The number of thiophene rings is 1. The lowest BCUT2D eigenvalue weighted by molar-refractivity contribution is 0.503. The van der Waals surface area contributed by atoms with Gasteiger partial charge in [0.2, 0.25) is 0 Å². The minimum atomic E-state index is -0.279. The van der Waals surface area contributed by atoms with Crippen molar-refractivity contribution in [2.75, 3.05) is 10.7 Å².